The van der Waals surface area contributed by atoms with Gasteiger partial charge in [-0.3, -0.25) is 4.79 Å². The number of aryl methyl sites for hydroxylation is 1. The molecule has 144 valence electrons. The van der Waals surface area contributed by atoms with E-state index in [4.69, 9.17) is 15.9 Å². The van der Waals surface area contributed by atoms with Crippen molar-refractivity contribution in [2.75, 3.05) is 20.8 Å². The maximum Gasteiger partial charge on any atom is 0.251 e. The largest absolute Gasteiger partial charge is 0.493 e. The number of amides is 1. The Morgan fingerprint density at radius 3 is 2.71 bits per heavy atom. The van der Waals surface area contributed by atoms with Gasteiger partial charge in [0, 0.05) is 18.5 Å². The SMILES string of the molecule is C#CCn1c(CCCNC(=O)c2ccc(OC)c(OC)c2)nc2ccccc21. The fourth-order valence-electron chi connectivity index (χ4n) is 3.11. The number of hydrogen-bond acceptors (Lipinski definition) is 4. The van der Waals surface area contributed by atoms with Crippen molar-refractivity contribution in [2.24, 2.45) is 0 Å². The van der Waals surface area contributed by atoms with Gasteiger partial charge in [0.05, 0.1) is 31.8 Å². The van der Waals surface area contributed by atoms with Crippen LogP contribution in [0.4, 0.5) is 0 Å². The number of nitrogens with zero attached hydrogens (tertiary/aromatic N) is 2. The summed E-state index contributed by atoms with van der Waals surface area (Å²) in [6, 6.07) is 13.0. The summed E-state index contributed by atoms with van der Waals surface area (Å²) in [6.45, 7) is 1.01. The minimum absolute atomic E-state index is 0.155. The highest BCUT2D eigenvalue weighted by molar-refractivity contribution is 5.94. The molecular weight excluding hydrogens is 354 g/mol. The molecule has 0 unspecified atom stereocenters. The molecule has 0 radical (unpaired) electrons. The smallest absolute Gasteiger partial charge is 0.251 e. The van der Waals surface area contributed by atoms with Crippen LogP contribution in [0.5, 0.6) is 11.5 Å². The van der Waals surface area contributed by atoms with E-state index >= 15 is 0 Å². The Morgan fingerprint density at radius 1 is 1.18 bits per heavy atom. The molecule has 0 aliphatic carbocycles. The molecule has 3 aromatic rings. The first-order valence-electron chi connectivity index (χ1n) is 9.05. The second-order valence-corrected chi connectivity index (χ2v) is 6.24. The standard InChI is InChI=1S/C22H23N3O3/c1-4-14-25-18-9-6-5-8-17(18)24-21(25)10-7-13-23-22(26)16-11-12-19(27-2)20(15-16)28-3/h1,5-6,8-9,11-12,15H,7,10,13-14H2,2-3H3,(H,23,26). The lowest BCUT2D eigenvalue weighted by molar-refractivity contribution is 0.0952. The molecule has 1 N–H and O–H groups in total. The third-order valence-corrected chi connectivity index (χ3v) is 4.49. The lowest BCUT2D eigenvalue weighted by Crippen LogP contribution is -2.25. The molecule has 0 spiro atoms. The Bertz CT molecular complexity index is 1020. The van der Waals surface area contributed by atoms with E-state index in [0.717, 1.165) is 29.7 Å². The quantitative estimate of drug-likeness (QED) is 0.484. The maximum atomic E-state index is 12.4. The number of hydrogen-bond donors (Lipinski definition) is 1. The number of fused-ring (bicyclic) bond motifs is 1. The van der Waals surface area contributed by atoms with Gasteiger partial charge in [0.25, 0.3) is 5.91 Å². The average Bonchev–Trinajstić information content (AvgIpc) is 3.08. The Balaban J connectivity index is 1.60. The summed E-state index contributed by atoms with van der Waals surface area (Å²) in [5.74, 6) is 4.57. The second kappa shape index (κ2) is 8.96. The van der Waals surface area contributed by atoms with Gasteiger partial charge in [-0.1, -0.05) is 18.1 Å². The number of methoxy groups -OCH3 is 2. The van der Waals surface area contributed by atoms with E-state index in [9.17, 15) is 4.79 Å². The van der Waals surface area contributed by atoms with Crippen LogP contribution >= 0.6 is 0 Å². The summed E-state index contributed by atoms with van der Waals surface area (Å²) in [4.78, 5) is 17.1. The van der Waals surface area contributed by atoms with Gasteiger partial charge in [-0.15, -0.1) is 6.42 Å². The van der Waals surface area contributed by atoms with Crippen molar-refractivity contribution < 1.29 is 14.3 Å². The zero-order valence-electron chi connectivity index (χ0n) is 16.1. The topological polar surface area (TPSA) is 65.4 Å². The van der Waals surface area contributed by atoms with Crippen LogP contribution < -0.4 is 14.8 Å². The van der Waals surface area contributed by atoms with Gasteiger partial charge >= 0.3 is 0 Å². The number of nitrogens with one attached hydrogen (secondary N) is 1. The molecule has 2 aromatic carbocycles. The molecule has 0 atom stereocenters. The van der Waals surface area contributed by atoms with Gasteiger partial charge in [0.1, 0.15) is 5.82 Å². The van der Waals surface area contributed by atoms with Crippen LogP contribution in [0.15, 0.2) is 42.5 Å². The minimum atomic E-state index is -0.155. The summed E-state index contributed by atoms with van der Waals surface area (Å²) in [7, 11) is 3.10. The predicted molar refractivity (Wildman–Crippen MR) is 109 cm³/mol. The number of aromatic nitrogens is 2. The Labute approximate surface area is 164 Å². The summed E-state index contributed by atoms with van der Waals surface area (Å²) in [5.41, 5.74) is 2.49. The molecule has 6 nitrogen and oxygen atoms in total. The molecule has 0 aliphatic rings. The van der Waals surface area contributed by atoms with Crippen LogP contribution in [0.2, 0.25) is 0 Å². The van der Waals surface area contributed by atoms with Gasteiger partial charge in [-0.25, -0.2) is 4.98 Å². The molecule has 3 rings (SSSR count). The molecule has 1 amide bonds. The van der Waals surface area contributed by atoms with Gasteiger partial charge in [-0.2, -0.15) is 0 Å². The lowest BCUT2D eigenvalue weighted by Gasteiger charge is -2.10. The second-order valence-electron chi connectivity index (χ2n) is 6.24. The van der Waals surface area contributed by atoms with Crippen LogP contribution in [0.1, 0.15) is 22.6 Å². The molecular formula is C22H23N3O3. The highest BCUT2D eigenvalue weighted by Gasteiger charge is 2.12. The van der Waals surface area contributed by atoms with Crippen LogP contribution in [0.25, 0.3) is 11.0 Å². The molecule has 6 heteroatoms. The van der Waals surface area contributed by atoms with Crippen molar-refractivity contribution >= 4 is 16.9 Å². The van der Waals surface area contributed by atoms with Crippen molar-refractivity contribution in [3.8, 4) is 23.8 Å². The van der Waals surface area contributed by atoms with Gasteiger partial charge in [0.2, 0.25) is 0 Å². The van der Waals surface area contributed by atoms with Crippen molar-refractivity contribution in [1.82, 2.24) is 14.9 Å². The molecule has 1 heterocycles. The van der Waals surface area contributed by atoms with Crippen LogP contribution in [-0.4, -0.2) is 36.2 Å². The maximum absolute atomic E-state index is 12.4. The summed E-state index contributed by atoms with van der Waals surface area (Å²) < 4.78 is 12.5. The van der Waals surface area contributed by atoms with Crippen molar-refractivity contribution in [1.29, 1.82) is 0 Å². The van der Waals surface area contributed by atoms with Gasteiger partial charge in [0.15, 0.2) is 11.5 Å². The molecule has 28 heavy (non-hydrogen) atoms. The number of benzene rings is 2. The molecule has 0 aliphatic heterocycles. The molecule has 0 bridgehead atoms. The lowest BCUT2D eigenvalue weighted by atomic mass is 10.2. The van der Waals surface area contributed by atoms with E-state index < -0.39 is 0 Å². The number of terminal acetylenes is 1. The average molecular weight is 377 g/mol. The number of carbonyl (C=O) groups is 1. The Kier molecular flexibility index (Phi) is 6.18. The van der Waals surface area contributed by atoms with Crippen LogP contribution in [-0.2, 0) is 13.0 Å². The molecule has 0 saturated carbocycles. The Morgan fingerprint density at radius 2 is 1.96 bits per heavy atom. The monoisotopic (exact) mass is 377 g/mol. The third kappa shape index (κ3) is 4.09. The fourth-order valence-corrected chi connectivity index (χ4v) is 3.11. The van der Waals surface area contributed by atoms with E-state index in [1.807, 2.05) is 28.8 Å². The third-order valence-electron chi connectivity index (χ3n) is 4.49. The van der Waals surface area contributed by atoms with Crippen molar-refractivity contribution in [2.45, 2.75) is 19.4 Å². The van der Waals surface area contributed by atoms with Crippen LogP contribution in [0.3, 0.4) is 0 Å². The Hall–Kier alpha value is -3.46. The van der Waals surface area contributed by atoms with E-state index in [-0.39, 0.29) is 5.91 Å². The van der Waals surface area contributed by atoms with Gasteiger partial charge < -0.3 is 19.4 Å². The predicted octanol–water partition coefficient (Wildman–Crippen LogP) is 3.05. The van der Waals surface area contributed by atoms with E-state index in [0.29, 0.717) is 30.2 Å². The first-order chi connectivity index (χ1) is 13.7. The van der Waals surface area contributed by atoms with Crippen molar-refractivity contribution in [3.63, 3.8) is 0 Å². The van der Waals surface area contributed by atoms with Crippen molar-refractivity contribution in [3.05, 3.63) is 53.9 Å². The van der Waals surface area contributed by atoms with Gasteiger partial charge in [-0.05, 0) is 36.8 Å². The zero-order valence-corrected chi connectivity index (χ0v) is 16.1. The van der Waals surface area contributed by atoms with Crippen LogP contribution in [0, 0.1) is 12.3 Å². The fraction of sp³-hybridized carbons (Fsp3) is 0.273. The number of imidazole rings is 1. The number of rotatable bonds is 8. The summed E-state index contributed by atoms with van der Waals surface area (Å²) >= 11 is 0. The number of ether oxygens (including phenoxy) is 2. The molecule has 0 fully saturated rings. The highest BCUT2D eigenvalue weighted by atomic mass is 16.5. The number of para-hydroxylation sites is 2. The minimum Gasteiger partial charge on any atom is -0.493 e. The highest BCUT2D eigenvalue weighted by Crippen LogP contribution is 2.27. The first kappa shape index (κ1) is 19.3. The normalized spacial score (nSPS) is 10.5. The first-order valence-corrected chi connectivity index (χ1v) is 9.05. The number of carbonyl (C=O) groups excluding carboxylic acids is 1. The zero-order chi connectivity index (χ0) is 19.9. The molecule has 0 saturated heterocycles. The van der Waals surface area contributed by atoms with E-state index in [1.165, 1.54) is 0 Å². The van der Waals surface area contributed by atoms with E-state index in [1.54, 1.807) is 32.4 Å². The summed E-state index contributed by atoms with van der Waals surface area (Å²) in [6.07, 6.45) is 6.99. The summed E-state index contributed by atoms with van der Waals surface area (Å²) in [5, 5.41) is 2.93. The van der Waals surface area contributed by atoms with E-state index in [2.05, 4.69) is 16.2 Å². The molecule has 1 aromatic heterocycles.